The number of nitrogens with two attached hydrogens (primary N) is 1. The first-order chi connectivity index (χ1) is 20.6. The second-order valence-corrected chi connectivity index (χ2v) is 13.4. The van der Waals surface area contributed by atoms with E-state index in [9.17, 15) is 10.1 Å². The zero-order valence-corrected chi connectivity index (χ0v) is 31.1. The number of unbranched alkanes of at least 4 members (excludes halogenated alkanes) is 1. The molecule has 2 unspecified atom stereocenters. The summed E-state index contributed by atoms with van der Waals surface area (Å²) in [6, 6.07) is 14.1. The molecule has 0 bridgehead atoms. The molecular formula is C34H52Cl2N3NaO4. The summed E-state index contributed by atoms with van der Waals surface area (Å²) in [7, 11) is 0. The molecule has 2 aromatic carbocycles. The third-order valence-corrected chi connectivity index (χ3v) is 9.97. The smallest absolute Gasteiger partial charge is 0.723 e. The summed E-state index contributed by atoms with van der Waals surface area (Å²) in [4.78, 5) is 19.3. The van der Waals surface area contributed by atoms with Gasteiger partial charge < -0.3 is 20.3 Å². The molecule has 1 amide bonds. The van der Waals surface area contributed by atoms with Gasteiger partial charge in [-0.15, -0.1) is 0 Å². The number of nitrogens with one attached hydrogen (secondary N) is 1. The van der Waals surface area contributed by atoms with Crippen LogP contribution in [0.4, 0.5) is 0 Å². The van der Waals surface area contributed by atoms with Crippen molar-refractivity contribution in [1.29, 1.82) is 0 Å². The van der Waals surface area contributed by atoms with Gasteiger partial charge in [-0.3, -0.25) is 10.1 Å². The molecule has 0 spiro atoms. The Labute approximate surface area is 297 Å². The number of hydrogen-bond donors (Lipinski definition) is 3. The SMILES string of the molecule is CCCCC(c1ccc(CCCO[O-])cc1)N(C=O)C1(NC(C)c2cc(Cl)cc(Cl)c2)CCC(C(C)(C)CC)CC1.NO.[Na+]. The standard InChI is InChI=1S/C34H50Cl2N2O3.H3NO.Na/c1-6-8-11-32(27-14-12-26(13-15-27)10-9-20-41-40)38(24-39)34(18-16-29(17-19-34)33(4,5)7-2)37-25(3)28-21-30(35)23-31(36)22-28;1-2;/h12-15,21-25,29,32,37,40H,6-11,16-20H2,1-5H3;2H,1H2;/q;;+1/p-1. The van der Waals surface area contributed by atoms with Gasteiger partial charge in [0.2, 0.25) is 6.41 Å². The molecule has 1 saturated carbocycles. The van der Waals surface area contributed by atoms with Gasteiger partial charge in [-0.25, -0.2) is 5.90 Å². The normalized spacial score (nSPS) is 19.6. The van der Waals surface area contributed by atoms with Crippen molar-refractivity contribution < 1.29 is 49.7 Å². The number of aryl methyl sites for hydroxylation is 1. The molecule has 44 heavy (non-hydrogen) atoms. The number of carbonyl (C=O) groups excluding carboxylic acids is 1. The number of amides is 1. The largest absolute Gasteiger partial charge is 1.00 e. The van der Waals surface area contributed by atoms with Crippen LogP contribution in [0.3, 0.4) is 0 Å². The summed E-state index contributed by atoms with van der Waals surface area (Å²) in [5.41, 5.74) is 3.09. The monoisotopic (exact) mass is 659 g/mol. The summed E-state index contributed by atoms with van der Waals surface area (Å²) in [5.74, 6) is 4.11. The van der Waals surface area contributed by atoms with Crippen molar-refractivity contribution in [3.05, 3.63) is 69.2 Å². The van der Waals surface area contributed by atoms with Crippen molar-refractivity contribution in [3.63, 3.8) is 0 Å². The molecule has 0 aromatic heterocycles. The van der Waals surface area contributed by atoms with Gasteiger partial charge >= 0.3 is 29.6 Å². The van der Waals surface area contributed by atoms with Crippen molar-refractivity contribution in [2.24, 2.45) is 17.2 Å². The predicted octanol–water partition coefficient (Wildman–Crippen LogP) is 4.92. The van der Waals surface area contributed by atoms with Gasteiger partial charge in [0.1, 0.15) is 0 Å². The molecule has 10 heteroatoms. The Kier molecular flexibility index (Phi) is 19.3. The first-order valence-electron chi connectivity index (χ1n) is 15.7. The summed E-state index contributed by atoms with van der Waals surface area (Å²) in [6.45, 7) is 11.6. The van der Waals surface area contributed by atoms with Gasteiger partial charge in [-0.2, -0.15) is 0 Å². The molecule has 0 heterocycles. The van der Waals surface area contributed by atoms with Gasteiger partial charge in [-0.1, -0.05) is 94.4 Å². The van der Waals surface area contributed by atoms with Crippen molar-refractivity contribution in [1.82, 2.24) is 10.2 Å². The van der Waals surface area contributed by atoms with Gasteiger partial charge in [0.05, 0.1) is 11.7 Å². The van der Waals surface area contributed by atoms with Crippen LogP contribution in [-0.2, 0) is 16.1 Å². The van der Waals surface area contributed by atoms with Gasteiger partial charge in [0, 0.05) is 22.7 Å². The minimum Gasteiger partial charge on any atom is -0.723 e. The van der Waals surface area contributed by atoms with Crippen molar-refractivity contribution >= 4 is 29.6 Å². The van der Waals surface area contributed by atoms with E-state index in [0.717, 1.165) is 75.3 Å². The molecule has 0 saturated heterocycles. The quantitative estimate of drug-likeness (QED) is 0.0589. The van der Waals surface area contributed by atoms with E-state index in [1.165, 1.54) is 5.56 Å². The zero-order chi connectivity index (χ0) is 32.0. The van der Waals surface area contributed by atoms with E-state index in [2.05, 4.69) is 79.9 Å². The average Bonchev–Trinajstić information content (AvgIpc) is 3.00. The summed E-state index contributed by atoms with van der Waals surface area (Å²) in [5, 5.41) is 22.1. The number of nitrogens with zero attached hydrogens (tertiary/aromatic N) is 1. The maximum Gasteiger partial charge on any atom is 1.00 e. The molecule has 4 N–H and O–H groups in total. The topological polar surface area (TPSA) is 111 Å². The number of benzene rings is 2. The van der Waals surface area contributed by atoms with Crippen molar-refractivity contribution in [2.45, 2.75) is 117 Å². The van der Waals surface area contributed by atoms with Crippen LogP contribution in [-0.4, -0.2) is 28.8 Å². The fourth-order valence-corrected chi connectivity index (χ4v) is 7.08. The van der Waals surface area contributed by atoms with Crippen LogP contribution in [0, 0.1) is 11.3 Å². The van der Waals surface area contributed by atoms with Gasteiger partial charge in [-0.05, 0) is 98.1 Å². The Morgan fingerprint density at radius 2 is 1.68 bits per heavy atom. The van der Waals surface area contributed by atoms with E-state index in [-0.39, 0.29) is 53.7 Å². The molecular weight excluding hydrogens is 608 g/mol. The van der Waals surface area contributed by atoms with Crippen LogP contribution in [0.15, 0.2) is 42.5 Å². The Balaban J connectivity index is 0.00000316. The maximum atomic E-state index is 13.2. The van der Waals surface area contributed by atoms with E-state index in [1.54, 1.807) is 6.07 Å². The third kappa shape index (κ3) is 11.5. The minimum atomic E-state index is -0.501. The van der Waals surface area contributed by atoms with E-state index in [4.69, 9.17) is 28.4 Å². The van der Waals surface area contributed by atoms with Crippen molar-refractivity contribution in [2.75, 3.05) is 6.61 Å². The molecule has 2 aromatic rings. The first kappa shape index (κ1) is 41.3. The van der Waals surface area contributed by atoms with Crippen LogP contribution < -0.4 is 46.0 Å². The van der Waals surface area contributed by atoms with E-state index < -0.39 is 5.66 Å². The van der Waals surface area contributed by atoms with Crippen LogP contribution >= 0.6 is 23.2 Å². The van der Waals surface area contributed by atoms with E-state index >= 15 is 0 Å². The third-order valence-electron chi connectivity index (χ3n) is 9.53. The van der Waals surface area contributed by atoms with E-state index in [1.807, 2.05) is 12.1 Å². The fraction of sp³-hybridized carbons (Fsp3) is 0.618. The van der Waals surface area contributed by atoms with Gasteiger partial charge in [0.15, 0.2) is 0 Å². The number of carbonyl (C=O) groups is 1. The Morgan fingerprint density at radius 1 is 1.09 bits per heavy atom. The van der Waals surface area contributed by atoms with Crippen LogP contribution in [0.5, 0.6) is 0 Å². The zero-order valence-electron chi connectivity index (χ0n) is 27.6. The fourth-order valence-electron chi connectivity index (χ4n) is 6.53. The molecule has 1 aliphatic rings. The Morgan fingerprint density at radius 3 is 2.18 bits per heavy atom. The molecule has 1 aliphatic carbocycles. The van der Waals surface area contributed by atoms with Crippen LogP contribution in [0.1, 0.15) is 121 Å². The van der Waals surface area contributed by atoms with Crippen LogP contribution in [0.25, 0.3) is 0 Å². The maximum absolute atomic E-state index is 13.2. The van der Waals surface area contributed by atoms with Crippen molar-refractivity contribution in [3.8, 4) is 0 Å². The molecule has 0 radical (unpaired) electrons. The number of rotatable bonds is 16. The predicted molar refractivity (Wildman–Crippen MR) is 174 cm³/mol. The Bertz CT molecular complexity index is 1080. The molecule has 3 rings (SSSR count). The molecule has 242 valence electrons. The molecule has 2 atom stereocenters. The molecule has 0 aliphatic heterocycles. The summed E-state index contributed by atoms with van der Waals surface area (Å²) < 4.78 is 0. The minimum absolute atomic E-state index is 0. The molecule has 1 fully saturated rings. The second-order valence-electron chi connectivity index (χ2n) is 12.6. The number of hydrogen-bond acceptors (Lipinski definition) is 6. The second kappa shape index (κ2) is 20.5. The van der Waals surface area contributed by atoms with E-state index in [0.29, 0.717) is 22.4 Å². The molecule has 7 nitrogen and oxygen atoms in total. The van der Waals surface area contributed by atoms with Crippen LogP contribution in [0.2, 0.25) is 10.0 Å². The van der Waals surface area contributed by atoms with Gasteiger partial charge in [0.25, 0.3) is 0 Å². The summed E-state index contributed by atoms with van der Waals surface area (Å²) in [6.07, 6.45) is 10.6. The Hall–Kier alpha value is -0.710. The number of halogens is 2. The average molecular weight is 661 g/mol. The first-order valence-corrected chi connectivity index (χ1v) is 16.4. The summed E-state index contributed by atoms with van der Waals surface area (Å²) >= 11 is 12.8.